The maximum atomic E-state index is 13.2. The lowest BCUT2D eigenvalue weighted by Crippen LogP contribution is -2.31. The van der Waals surface area contributed by atoms with E-state index in [1.807, 2.05) is 0 Å². The summed E-state index contributed by atoms with van der Waals surface area (Å²) in [6.45, 7) is 5.58. The summed E-state index contributed by atoms with van der Waals surface area (Å²) in [7, 11) is -0.519. The Morgan fingerprint density at radius 2 is 1.65 bits per heavy atom. The van der Waals surface area contributed by atoms with Crippen LogP contribution in [0.25, 0.3) is 0 Å². The first-order valence-electron chi connectivity index (χ1n) is 9.63. The number of rotatable bonds is 7. The molecule has 0 aromatic heterocycles. The van der Waals surface area contributed by atoms with Crippen molar-refractivity contribution >= 4 is 27.3 Å². The molecule has 1 amide bonds. The number of amides is 1. The molecule has 0 saturated carbocycles. The Balaban J connectivity index is 2.49. The molecule has 0 spiro atoms. The highest BCUT2D eigenvalue weighted by Gasteiger charge is 2.31. The van der Waals surface area contributed by atoms with Crippen LogP contribution in [0.2, 0.25) is 0 Å². The molecule has 0 fully saturated rings. The van der Waals surface area contributed by atoms with Gasteiger partial charge in [-0.1, -0.05) is 19.9 Å². The number of anilines is 2. The van der Waals surface area contributed by atoms with Crippen molar-refractivity contribution in [2.24, 2.45) is 0 Å². The van der Waals surface area contributed by atoms with Crippen LogP contribution in [0.1, 0.15) is 35.3 Å². The number of hydrogen-bond acceptors (Lipinski definition) is 4. The minimum Gasteiger partial charge on any atom is -0.376 e. The van der Waals surface area contributed by atoms with Crippen molar-refractivity contribution in [1.29, 1.82) is 0 Å². The summed E-state index contributed by atoms with van der Waals surface area (Å²) in [6.07, 6.45) is -4.57. The number of benzene rings is 2. The van der Waals surface area contributed by atoms with Crippen molar-refractivity contribution in [3.63, 3.8) is 0 Å². The summed E-state index contributed by atoms with van der Waals surface area (Å²) in [5, 5.41) is 2.51. The number of carbonyl (C=O) groups excluding carboxylic acids is 1. The fraction of sp³-hybridized carbons (Fsp3) is 0.381. The Bertz CT molecular complexity index is 1060. The van der Waals surface area contributed by atoms with Gasteiger partial charge in [0.2, 0.25) is 10.0 Å². The van der Waals surface area contributed by atoms with Crippen molar-refractivity contribution in [2.75, 3.05) is 37.4 Å². The average Bonchev–Trinajstić information content (AvgIpc) is 2.67. The maximum Gasteiger partial charge on any atom is 0.416 e. The van der Waals surface area contributed by atoms with E-state index >= 15 is 0 Å². The van der Waals surface area contributed by atoms with Crippen molar-refractivity contribution in [3.05, 3.63) is 53.1 Å². The largest absolute Gasteiger partial charge is 0.416 e. The zero-order valence-corrected chi connectivity index (χ0v) is 18.9. The summed E-state index contributed by atoms with van der Waals surface area (Å²) < 4.78 is 66.3. The van der Waals surface area contributed by atoms with Gasteiger partial charge in [-0.05, 0) is 42.8 Å². The van der Waals surface area contributed by atoms with Crippen LogP contribution < -0.4 is 10.2 Å². The van der Waals surface area contributed by atoms with Crippen LogP contribution in [0.4, 0.5) is 24.5 Å². The highest BCUT2D eigenvalue weighted by atomic mass is 32.2. The Morgan fingerprint density at radius 3 is 2.16 bits per heavy atom. The monoisotopic (exact) mass is 457 g/mol. The van der Waals surface area contributed by atoms with Gasteiger partial charge in [-0.2, -0.15) is 17.5 Å². The van der Waals surface area contributed by atoms with Gasteiger partial charge in [-0.3, -0.25) is 4.79 Å². The summed E-state index contributed by atoms with van der Waals surface area (Å²) in [6, 6.07) is 7.24. The number of alkyl halides is 3. The second-order valence-corrected chi connectivity index (χ2v) is 9.08. The molecule has 0 atom stereocenters. The van der Waals surface area contributed by atoms with Gasteiger partial charge >= 0.3 is 6.18 Å². The molecule has 6 nitrogen and oxygen atoms in total. The van der Waals surface area contributed by atoms with E-state index in [2.05, 4.69) is 5.32 Å². The van der Waals surface area contributed by atoms with Crippen LogP contribution in [0.15, 0.2) is 41.3 Å². The molecule has 170 valence electrons. The Kier molecular flexibility index (Phi) is 7.38. The molecule has 0 aliphatic rings. The van der Waals surface area contributed by atoms with Crippen LogP contribution in [-0.4, -0.2) is 45.8 Å². The van der Waals surface area contributed by atoms with Crippen molar-refractivity contribution in [3.8, 4) is 0 Å². The molecule has 31 heavy (non-hydrogen) atoms. The second-order valence-electron chi connectivity index (χ2n) is 7.14. The molecular weight excluding hydrogens is 431 g/mol. The lowest BCUT2D eigenvalue weighted by molar-refractivity contribution is -0.137. The van der Waals surface area contributed by atoms with Crippen molar-refractivity contribution in [1.82, 2.24) is 4.31 Å². The molecule has 0 saturated heterocycles. The number of nitrogens with one attached hydrogen (secondary N) is 1. The summed E-state index contributed by atoms with van der Waals surface area (Å²) in [4.78, 5) is 14.5. The molecule has 0 bridgehead atoms. The van der Waals surface area contributed by atoms with E-state index < -0.39 is 27.7 Å². The van der Waals surface area contributed by atoms with E-state index in [0.717, 1.165) is 12.1 Å². The van der Waals surface area contributed by atoms with E-state index in [4.69, 9.17) is 0 Å². The van der Waals surface area contributed by atoms with Crippen LogP contribution >= 0.6 is 0 Å². The van der Waals surface area contributed by atoms with Gasteiger partial charge in [0, 0.05) is 32.7 Å². The van der Waals surface area contributed by atoms with Crippen LogP contribution in [0, 0.1) is 6.92 Å². The van der Waals surface area contributed by atoms with Gasteiger partial charge in [0.25, 0.3) is 5.91 Å². The van der Waals surface area contributed by atoms with E-state index in [9.17, 15) is 26.4 Å². The molecule has 1 N–H and O–H groups in total. The minimum absolute atomic E-state index is 0.0266. The zero-order chi connectivity index (χ0) is 23.6. The second kappa shape index (κ2) is 9.27. The number of nitrogens with zero attached hydrogens (tertiary/aromatic N) is 2. The van der Waals surface area contributed by atoms with Crippen LogP contribution in [0.5, 0.6) is 0 Å². The maximum absolute atomic E-state index is 13.2. The fourth-order valence-electron chi connectivity index (χ4n) is 3.11. The number of carbonyl (C=O) groups is 1. The fourth-order valence-corrected chi connectivity index (χ4v) is 4.60. The Morgan fingerprint density at radius 1 is 1.03 bits per heavy atom. The average molecular weight is 458 g/mol. The lowest BCUT2D eigenvalue weighted by atomic mass is 10.1. The SMILES string of the molecule is CCN(CC)S(=O)(=O)c1ccc(C)c(C(=O)Nc2cc(C(F)(F)F)ccc2N(C)C)c1. The van der Waals surface area contributed by atoms with Crippen molar-refractivity contribution in [2.45, 2.75) is 31.8 Å². The summed E-state index contributed by atoms with van der Waals surface area (Å²) in [5.41, 5.74) is 0.0138. The summed E-state index contributed by atoms with van der Waals surface area (Å²) >= 11 is 0. The molecule has 10 heteroatoms. The van der Waals surface area contributed by atoms with Gasteiger partial charge in [0.05, 0.1) is 21.8 Å². The number of hydrogen-bond donors (Lipinski definition) is 1. The van der Waals surface area contributed by atoms with Gasteiger partial charge in [-0.15, -0.1) is 0 Å². The molecule has 0 heterocycles. The van der Waals surface area contributed by atoms with Gasteiger partial charge in [0.15, 0.2) is 0 Å². The van der Waals surface area contributed by atoms with E-state index in [-0.39, 0.29) is 29.2 Å². The molecule has 0 radical (unpaired) electrons. The van der Waals surface area contributed by atoms with Crippen molar-refractivity contribution < 1.29 is 26.4 Å². The third-order valence-corrected chi connectivity index (χ3v) is 6.90. The molecule has 2 aromatic rings. The van der Waals surface area contributed by atoms with E-state index in [1.165, 1.54) is 28.6 Å². The highest BCUT2D eigenvalue weighted by Crippen LogP contribution is 2.35. The molecule has 2 aromatic carbocycles. The number of aryl methyl sites for hydroxylation is 1. The first kappa shape index (κ1) is 24.7. The lowest BCUT2D eigenvalue weighted by Gasteiger charge is -2.21. The highest BCUT2D eigenvalue weighted by molar-refractivity contribution is 7.89. The van der Waals surface area contributed by atoms with Crippen LogP contribution in [-0.2, 0) is 16.2 Å². The normalized spacial score (nSPS) is 12.2. The topological polar surface area (TPSA) is 69.7 Å². The number of halogens is 3. The third kappa shape index (κ3) is 5.37. The predicted molar refractivity (Wildman–Crippen MR) is 115 cm³/mol. The van der Waals surface area contributed by atoms with Gasteiger partial charge < -0.3 is 10.2 Å². The van der Waals surface area contributed by atoms with Crippen LogP contribution in [0.3, 0.4) is 0 Å². The third-order valence-electron chi connectivity index (χ3n) is 4.85. The van der Waals surface area contributed by atoms with Gasteiger partial charge in [0.1, 0.15) is 0 Å². The molecule has 0 unspecified atom stereocenters. The Hall–Kier alpha value is -2.59. The summed E-state index contributed by atoms with van der Waals surface area (Å²) in [5.74, 6) is -0.698. The first-order valence-corrected chi connectivity index (χ1v) is 11.1. The molecule has 0 aliphatic heterocycles. The van der Waals surface area contributed by atoms with E-state index in [1.54, 1.807) is 39.8 Å². The van der Waals surface area contributed by atoms with E-state index in [0.29, 0.717) is 11.3 Å². The smallest absolute Gasteiger partial charge is 0.376 e. The molecular formula is C21H26F3N3O3S. The zero-order valence-electron chi connectivity index (χ0n) is 18.0. The standard InChI is InChI=1S/C21H26F3N3O3S/c1-6-27(7-2)31(29,30)16-10-8-14(3)17(13-16)20(28)25-18-12-15(21(22,23)24)9-11-19(18)26(4)5/h8-13H,6-7H2,1-5H3,(H,25,28). The Labute approximate surface area is 180 Å². The number of sulfonamides is 1. The molecule has 0 aliphatic carbocycles. The molecule has 2 rings (SSSR count). The first-order chi connectivity index (χ1) is 14.3. The predicted octanol–water partition coefficient (Wildman–Crippen LogP) is 4.36. The van der Waals surface area contributed by atoms with Gasteiger partial charge in [-0.25, -0.2) is 8.42 Å². The quantitative estimate of drug-likeness (QED) is 0.671. The minimum atomic E-state index is -4.57.